The number of hydrogen-bond acceptors (Lipinski definition) is 10. The largest absolute Gasteiger partial charge is 0.507 e. The van der Waals surface area contributed by atoms with Crippen molar-refractivity contribution in [1.82, 2.24) is 9.29 Å². The minimum Gasteiger partial charge on any atom is -0.507 e. The van der Waals surface area contributed by atoms with Crippen LogP contribution in [0.25, 0.3) is 10.9 Å². The molecule has 0 radical (unpaired) electrons. The Labute approximate surface area is 211 Å². The van der Waals surface area contributed by atoms with Gasteiger partial charge < -0.3 is 23.9 Å². The monoisotopic (exact) mass is 532 g/mol. The Kier molecular flexibility index (Phi) is 7.47. The second-order valence-corrected chi connectivity index (χ2v) is 9.53. The van der Waals surface area contributed by atoms with Crippen LogP contribution in [-0.4, -0.2) is 60.9 Å². The number of carbonyl (C=O) groups excluding carboxylic acids is 3. The summed E-state index contributed by atoms with van der Waals surface area (Å²) < 4.78 is 50.1. The van der Waals surface area contributed by atoms with Crippen molar-refractivity contribution in [3.63, 3.8) is 0 Å². The molecule has 4 atom stereocenters. The fourth-order valence-corrected chi connectivity index (χ4v) is 4.77. The molecule has 1 aromatic heterocycles. The van der Waals surface area contributed by atoms with Crippen molar-refractivity contribution in [2.45, 2.75) is 38.4 Å². The van der Waals surface area contributed by atoms with Gasteiger partial charge in [0.05, 0.1) is 17.7 Å². The zero-order valence-corrected chi connectivity index (χ0v) is 20.6. The van der Waals surface area contributed by atoms with Crippen LogP contribution in [0.3, 0.4) is 0 Å². The summed E-state index contributed by atoms with van der Waals surface area (Å²) in [6, 6.07) is 14.5. The van der Waals surface area contributed by atoms with Crippen molar-refractivity contribution < 1.29 is 46.3 Å². The number of hydrogen-bond donors (Lipinski definition) is 2. The van der Waals surface area contributed by atoms with Gasteiger partial charge in [-0.15, -0.1) is 0 Å². The number of fused-ring (bicyclic) bond motifs is 1. The first kappa shape index (κ1) is 26.1. The third-order valence-corrected chi connectivity index (χ3v) is 6.43. The minimum absolute atomic E-state index is 0.279. The molecule has 1 amide bonds. The molecule has 0 aliphatic carbocycles. The zero-order valence-electron chi connectivity index (χ0n) is 19.8. The summed E-state index contributed by atoms with van der Waals surface area (Å²) in [7, 11) is -4.68. The van der Waals surface area contributed by atoms with Crippen LogP contribution in [0.5, 0.6) is 5.75 Å². The van der Waals surface area contributed by atoms with Crippen molar-refractivity contribution in [3.05, 3.63) is 66.4 Å². The number of carbonyl (C=O) groups is 3. The number of nitrogens with one attached hydrogen (secondary N) is 1. The molecule has 4 rings (SSSR count). The molecule has 0 unspecified atom stereocenters. The first-order chi connectivity index (χ1) is 17.6. The summed E-state index contributed by atoms with van der Waals surface area (Å²) in [4.78, 5) is 36.0. The van der Waals surface area contributed by atoms with Gasteiger partial charge in [0.2, 0.25) is 0 Å². The average molecular weight is 533 g/mol. The number of ether oxygens (including phenoxy) is 3. The first-order valence-electron chi connectivity index (χ1n) is 11.1. The van der Waals surface area contributed by atoms with Crippen LogP contribution in [0.15, 0.2) is 60.8 Å². The van der Waals surface area contributed by atoms with Crippen LogP contribution in [0, 0.1) is 0 Å². The highest BCUT2D eigenvalue weighted by Crippen LogP contribution is 2.36. The van der Waals surface area contributed by atoms with E-state index in [0.29, 0.717) is 0 Å². The van der Waals surface area contributed by atoms with E-state index in [2.05, 4.69) is 0 Å². The van der Waals surface area contributed by atoms with Gasteiger partial charge in [-0.3, -0.25) is 18.6 Å². The van der Waals surface area contributed by atoms with Crippen molar-refractivity contribution >= 4 is 39.1 Å². The lowest BCUT2D eigenvalue weighted by Gasteiger charge is -2.24. The van der Waals surface area contributed by atoms with Crippen LogP contribution < -0.4 is 4.72 Å². The molecule has 1 fully saturated rings. The van der Waals surface area contributed by atoms with Gasteiger partial charge in [-0.25, -0.2) is 4.72 Å². The molecule has 3 aromatic rings. The van der Waals surface area contributed by atoms with Crippen molar-refractivity contribution in [3.8, 4) is 5.75 Å². The van der Waals surface area contributed by atoms with Crippen LogP contribution in [-0.2, 0) is 38.3 Å². The van der Waals surface area contributed by atoms with E-state index in [4.69, 9.17) is 18.4 Å². The third kappa shape index (κ3) is 5.90. The molecule has 2 N–H and O–H groups in total. The number of benzene rings is 2. The molecular formula is C24H24N2O10S. The van der Waals surface area contributed by atoms with Gasteiger partial charge in [0.15, 0.2) is 18.4 Å². The van der Waals surface area contributed by atoms with Crippen molar-refractivity contribution in [2.75, 3.05) is 6.61 Å². The van der Waals surface area contributed by atoms with E-state index >= 15 is 0 Å². The van der Waals surface area contributed by atoms with Crippen LogP contribution in [0.2, 0.25) is 0 Å². The Bertz CT molecular complexity index is 1430. The molecule has 0 saturated carbocycles. The maximum atomic E-state index is 12.5. The normalized spacial score (nSPS) is 21.5. The Morgan fingerprint density at radius 1 is 0.973 bits per heavy atom. The van der Waals surface area contributed by atoms with Crippen LogP contribution in [0.1, 0.15) is 30.4 Å². The Morgan fingerprint density at radius 3 is 2.32 bits per heavy atom. The topological polar surface area (TPSA) is 159 Å². The quantitative estimate of drug-likeness (QED) is 0.410. The second kappa shape index (κ2) is 10.6. The number of rotatable bonds is 8. The van der Waals surface area contributed by atoms with E-state index in [1.54, 1.807) is 21.6 Å². The van der Waals surface area contributed by atoms with Gasteiger partial charge in [-0.2, -0.15) is 8.42 Å². The summed E-state index contributed by atoms with van der Waals surface area (Å²) >= 11 is 0. The summed E-state index contributed by atoms with van der Waals surface area (Å²) in [5.41, 5.74) is 0.453. The number of aromatic nitrogens is 1. The summed E-state index contributed by atoms with van der Waals surface area (Å²) in [5, 5.41) is 10.7. The van der Waals surface area contributed by atoms with Gasteiger partial charge in [-0.05, 0) is 29.7 Å². The van der Waals surface area contributed by atoms with E-state index in [9.17, 15) is 27.9 Å². The number of amides is 1. The fraction of sp³-hybridized carbons (Fsp3) is 0.292. The van der Waals surface area contributed by atoms with E-state index in [0.717, 1.165) is 17.8 Å². The fourth-order valence-electron chi connectivity index (χ4n) is 4.06. The molecule has 13 heteroatoms. The minimum atomic E-state index is -4.68. The second-order valence-electron chi connectivity index (χ2n) is 8.18. The van der Waals surface area contributed by atoms with Crippen LogP contribution >= 0.6 is 0 Å². The van der Waals surface area contributed by atoms with Gasteiger partial charge in [0.25, 0.3) is 5.91 Å². The lowest BCUT2D eigenvalue weighted by molar-refractivity contribution is -0.165. The Balaban J connectivity index is 1.57. The van der Waals surface area contributed by atoms with E-state index in [-0.39, 0.29) is 5.56 Å². The van der Waals surface area contributed by atoms with Crippen LogP contribution in [0.4, 0.5) is 0 Å². The summed E-state index contributed by atoms with van der Waals surface area (Å²) in [5.74, 6) is -2.92. The maximum Gasteiger partial charge on any atom is 0.362 e. The molecule has 2 aromatic carbocycles. The molecule has 37 heavy (non-hydrogen) atoms. The Hall–Kier alpha value is -3.94. The van der Waals surface area contributed by atoms with Gasteiger partial charge in [0, 0.05) is 20.0 Å². The van der Waals surface area contributed by atoms with E-state index < -0.39 is 65.0 Å². The SMILES string of the molecule is CC(=O)O[C@@H]1[C@H](OC(C)=O)[C@@H](COS(=O)(=O)NC(=O)c2ccccc2O)O[C@H]1n1ccc2ccccc21. The Morgan fingerprint density at radius 2 is 1.62 bits per heavy atom. The van der Waals surface area contributed by atoms with Gasteiger partial charge in [-0.1, -0.05) is 30.3 Å². The number of phenolic OH excluding ortho intramolecular Hbond substituents is 1. The van der Waals surface area contributed by atoms with E-state index in [1.165, 1.54) is 31.2 Å². The number of esters is 2. The maximum absolute atomic E-state index is 12.5. The number of nitrogens with zero attached hydrogens (tertiary/aromatic N) is 1. The molecule has 1 saturated heterocycles. The lowest BCUT2D eigenvalue weighted by atomic mass is 10.1. The molecule has 0 spiro atoms. The molecule has 1 aliphatic heterocycles. The summed E-state index contributed by atoms with van der Waals surface area (Å²) in [6.45, 7) is 1.64. The summed E-state index contributed by atoms with van der Waals surface area (Å²) in [6.07, 6.45) is -2.85. The number of aromatic hydroxyl groups is 1. The highest BCUT2D eigenvalue weighted by Gasteiger charge is 2.50. The molecule has 0 bridgehead atoms. The zero-order chi connectivity index (χ0) is 26.7. The number of phenols is 1. The molecular weight excluding hydrogens is 508 g/mol. The lowest BCUT2D eigenvalue weighted by Crippen LogP contribution is -2.41. The molecule has 2 heterocycles. The van der Waals surface area contributed by atoms with Gasteiger partial charge in [0.1, 0.15) is 11.9 Å². The van der Waals surface area contributed by atoms with E-state index in [1.807, 2.05) is 24.3 Å². The highest BCUT2D eigenvalue weighted by molar-refractivity contribution is 7.85. The predicted molar refractivity (Wildman–Crippen MR) is 127 cm³/mol. The standard InChI is InChI=1S/C24H24N2O10S/c1-14(27)34-21-20(13-33-37(31,32)25-23(30)17-8-4-6-10-19(17)29)36-24(22(21)35-15(2)28)26-12-11-16-7-3-5-9-18(16)26/h3-12,20-22,24,29H,13H2,1-2H3,(H,25,30)/t20-,21-,22-,24-/m1/s1. The first-order valence-corrected chi connectivity index (χ1v) is 12.5. The molecule has 196 valence electrons. The van der Waals surface area contributed by atoms with Crippen molar-refractivity contribution in [1.29, 1.82) is 0 Å². The van der Waals surface area contributed by atoms with Crippen molar-refractivity contribution in [2.24, 2.45) is 0 Å². The average Bonchev–Trinajstić information content (AvgIpc) is 3.39. The number of para-hydroxylation sites is 2. The predicted octanol–water partition coefficient (Wildman–Crippen LogP) is 1.80. The third-order valence-electron chi connectivity index (χ3n) is 5.55. The highest BCUT2D eigenvalue weighted by atomic mass is 32.2. The molecule has 12 nitrogen and oxygen atoms in total. The van der Waals surface area contributed by atoms with Gasteiger partial charge >= 0.3 is 22.2 Å². The smallest absolute Gasteiger partial charge is 0.362 e. The molecule has 1 aliphatic rings.